The maximum atomic E-state index is 12.0. The Balaban J connectivity index is 2.27. The van der Waals surface area contributed by atoms with Crippen LogP contribution in [0.15, 0.2) is 12.1 Å². The molecule has 0 aromatic heterocycles. The van der Waals surface area contributed by atoms with Gasteiger partial charge in [-0.2, -0.15) is 0 Å². The lowest BCUT2D eigenvalue weighted by molar-refractivity contribution is 0.254. The highest BCUT2D eigenvalue weighted by molar-refractivity contribution is 7.92. The molecule has 1 heterocycles. The number of hydrogen-bond donors (Lipinski definition) is 1. The highest BCUT2D eigenvalue weighted by Crippen LogP contribution is 2.38. The van der Waals surface area contributed by atoms with E-state index >= 15 is 0 Å². The molecule has 0 saturated carbocycles. The zero-order valence-corrected chi connectivity index (χ0v) is 13.8. The first kappa shape index (κ1) is 16.2. The number of rotatable bonds is 7. The van der Waals surface area contributed by atoms with E-state index < -0.39 is 10.0 Å². The zero-order chi connectivity index (χ0) is 15.5. The van der Waals surface area contributed by atoms with Crippen molar-refractivity contribution in [3.63, 3.8) is 0 Å². The fourth-order valence-corrected chi connectivity index (χ4v) is 3.67. The van der Waals surface area contributed by atoms with Crippen LogP contribution in [0.2, 0.25) is 0 Å². The summed E-state index contributed by atoms with van der Waals surface area (Å²) < 4.78 is 37.8. The Morgan fingerprint density at radius 3 is 2.90 bits per heavy atom. The molecule has 0 amide bonds. The van der Waals surface area contributed by atoms with Crippen molar-refractivity contribution in [3.8, 4) is 11.5 Å². The van der Waals surface area contributed by atoms with E-state index in [2.05, 4.69) is 4.72 Å². The molecule has 0 aliphatic carbocycles. The average Bonchev–Trinajstić information content (AvgIpc) is 2.76. The van der Waals surface area contributed by atoms with E-state index in [-0.39, 0.29) is 11.9 Å². The number of hydrogen-bond acceptors (Lipinski definition) is 4. The van der Waals surface area contributed by atoms with Gasteiger partial charge in [0.25, 0.3) is 0 Å². The van der Waals surface area contributed by atoms with Crippen LogP contribution >= 0.6 is 11.6 Å². The van der Waals surface area contributed by atoms with E-state index in [1.54, 1.807) is 6.07 Å². The van der Waals surface area contributed by atoms with Crippen LogP contribution in [-0.4, -0.2) is 32.8 Å². The molecule has 0 spiro atoms. The second-order valence-electron chi connectivity index (χ2n) is 4.99. The van der Waals surface area contributed by atoms with Gasteiger partial charge in [0, 0.05) is 23.9 Å². The molecule has 0 fully saturated rings. The SMILES string of the molecule is CCOc1cc2c(cc1NS(=O)(=O)CCCCl)OC(C)C2. The normalized spacial score (nSPS) is 17.2. The highest BCUT2D eigenvalue weighted by Gasteiger charge is 2.23. The molecule has 0 bridgehead atoms. The summed E-state index contributed by atoms with van der Waals surface area (Å²) in [5.74, 6) is 1.53. The maximum Gasteiger partial charge on any atom is 0.232 e. The van der Waals surface area contributed by atoms with E-state index in [1.165, 1.54) is 0 Å². The number of anilines is 1. The van der Waals surface area contributed by atoms with Gasteiger partial charge in [-0.05, 0) is 26.3 Å². The van der Waals surface area contributed by atoms with Gasteiger partial charge in [0.2, 0.25) is 10.0 Å². The molecule has 1 atom stereocenters. The standard InChI is InChI=1S/C14H20ClNO4S/c1-3-19-14-8-11-7-10(2)20-13(11)9-12(14)16-21(17,18)6-4-5-15/h8-10,16H,3-7H2,1-2H3. The molecule has 0 saturated heterocycles. The second kappa shape index (κ2) is 6.75. The minimum atomic E-state index is -3.44. The molecule has 118 valence electrons. The van der Waals surface area contributed by atoms with E-state index in [0.717, 1.165) is 12.0 Å². The molecule has 1 aromatic carbocycles. The van der Waals surface area contributed by atoms with Gasteiger partial charge in [0.15, 0.2) is 0 Å². The molecule has 5 nitrogen and oxygen atoms in total. The molecular formula is C14H20ClNO4S. The van der Waals surface area contributed by atoms with E-state index in [9.17, 15) is 8.42 Å². The van der Waals surface area contributed by atoms with Gasteiger partial charge >= 0.3 is 0 Å². The summed E-state index contributed by atoms with van der Waals surface area (Å²) >= 11 is 5.55. The van der Waals surface area contributed by atoms with Crippen LogP contribution in [0.3, 0.4) is 0 Å². The molecule has 1 aliphatic rings. The monoisotopic (exact) mass is 333 g/mol. The lowest BCUT2D eigenvalue weighted by atomic mass is 10.1. The first-order valence-corrected chi connectivity index (χ1v) is 9.16. The molecule has 7 heteroatoms. The van der Waals surface area contributed by atoms with Gasteiger partial charge in [0.1, 0.15) is 17.6 Å². The summed E-state index contributed by atoms with van der Waals surface area (Å²) in [6.45, 7) is 4.30. The van der Waals surface area contributed by atoms with E-state index in [1.807, 2.05) is 19.9 Å². The minimum Gasteiger partial charge on any atom is -0.492 e. The lowest BCUT2D eigenvalue weighted by Gasteiger charge is -2.14. The molecule has 21 heavy (non-hydrogen) atoms. The number of alkyl halides is 1. The Labute approximate surface area is 130 Å². The van der Waals surface area contributed by atoms with Crippen molar-refractivity contribution in [2.45, 2.75) is 32.8 Å². The van der Waals surface area contributed by atoms with Crippen molar-refractivity contribution in [2.75, 3.05) is 23.0 Å². The van der Waals surface area contributed by atoms with Crippen LogP contribution in [-0.2, 0) is 16.4 Å². The quantitative estimate of drug-likeness (QED) is 0.779. The third kappa shape index (κ3) is 4.17. The van der Waals surface area contributed by atoms with Crippen molar-refractivity contribution in [1.29, 1.82) is 0 Å². The maximum absolute atomic E-state index is 12.0. The molecule has 0 radical (unpaired) electrons. The number of halogens is 1. The van der Waals surface area contributed by atoms with Gasteiger partial charge in [-0.3, -0.25) is 4.72 Å². The lowest BCUT2D eigenvalue weighted by Crippen LogP contribution is -2.17. The largest absolute Gasteiger partial charge is 0.492 e. The summed E-state index contributed by atoms with van der Waals surface area (Å²) in [5, 5.41) is 0. The molecule has 1 aliphatic heterocycles. The van der Waals surface area contributed by atoms with Gasteiger partial charge in [-0.15, -0.1) is 11.6 Å². The Morgan fingerprint density at radius 2 is 2.24 bits per heavy atom. The Kier molecular flexibility index (Phi) is 5.22. The number of nitrogens with one attached hydrogen (secondary N) is 1. The van der Waals surface area contributed by atoms with Crippen LogP contribution in [0, 0.1) is 0 Å². The van der Waals surface area contributed by atoms with Crippen molar-refractivity contribution in [3.05, 3.63) is 17.7 Å². The Hall–Kier alpha value is -1.14. The second-order valence-corrected chi connectivity index (χ2v) is 7.20. The Bertz CT molecular complexity index is 603. The number of fused-ring (bicyclic) bond motifs is 1. The summed E-state index contributed by atoms with van der Waals surface area (Å²) in [5.41, 5.74) is 1.45. The highest BCUT2D eigenvalue weighted by atomic mass is 35.5. The zero-order valence-electron chi connectivity index (χ0n) is 12.2. The summed E-state index contributed by atoms with van der Waals surface area (Å²) in [4.78, 5) is 0. The molecule has 1 aromatic rings. The summed E-state index contributed by atoms with van der Waals surface area (Å²) in [6.07, 6.45) is 1.30. The number of benzene rings is 1. The van der Waals surface area contributed by atoms with Gasteiger partial charge in [-0.25, -0.2) is 8.42 Å². The third-order valence-electron chi connectivity index (χ3n) is 3.11. The van der Waals surface area contributed by atoms with Crippen LogP contribution in [0.5, 0.6) is 11.5 Å². The average molecular weight is 334 g/mol. The van der Waals surface area contributed by atoms with Crippen LogP contribution in [0.25, 0.3) is 0 Å². The fraction of sp³-hybridized carbons (Fsp3) is 0.571. The minimum absolute atomic E-state index is 0.0175. The van der Waals surface area contributed by atoms with Crippen molar-refractivity contribution in [1.82, 2.24) is 0 Å². The predicted molar refractivity (Wildman–Crippen MR) is 84.2 cm³/mol. The molecule has 1 unspecified atom stereocenters. The van der Waals surface area contributed by atoms with Crippen LogP contribution < -0.4 is 14.2 Å². The first-order valence-electron chi connectivity index (χ1n) is 6.98. The van der Waals surface area contributed by atoms with Crippen molar-refractivity contribution >= 4 is 27.3 Å². The first-order chi connectivity index (χ1) is 9.95. The van der Waals surface area contributed by atoms with Gasteiger partial charge in [-0.1, -0.05) is 0 Å². The predicted octanol–water partition coefficient (Wildman–Crippen LogP) is 2.78. The smallest absolute Gasteiger partial charge is 0.232 e. The topological polar surface area (TPSA) is 64.6 Å². The van der Waals surface area contributed by atoms with Crippen LogP contribution in [0.1, 0.15) is 25.8 Å². The van der Waals surface area contributed by atoms with Crippen molar-refractivity contribution < 1.29 is 17.9 Å². The van der Waals surface area contributed by atoms with Crippen LogP contribution in [0.4, 0.5) is 5.69 Å². The van der Waals surface area contributed by atoms with E-state index in [4.69, 9.17) is 21.1 Å². The summed E-state index contributed by atoms with van der Waals surface area (Å²) in [7, 11) is -3.44. The fourth-order valence-electron chi connectivity index (χ4n) is 2.26. The Morgan fingerprint density at radius 1 is 1.48 bits per heavy atom. The third-order valence-corrected chi connectivity index (χ3v) is 4.73. The van der Waals surface area contributed by atoms with E-state index in [0.29, 0.717) is 36.1 Å². The number of ether oxygens (including phenoxy) is 2. The van der Waals surface area contributed by atoms with Gasteiger partial charge in [0.05, 0.1) is 18.0 Å². The molecule has 2 rings (SSSR count). The molecular weight excluding hydrogens is 314 g/mol. The molecule has 1 N–H and O–H groups in total. The summed E-state index contributed by atoms with van der Waals surface area (Å²) in [6, 6.07) is 3.55. The number of sulfonamides is 1. The van der Waals surface area contributed by atoms with Crippen molar-refractivity contribution in [2.24, 2.45) is 0 Å². The van der Waals surface area contributed by atoms with Gasteiger partial charge < -0.3 is 9.47 Å².